The van der Waals surface area contributed by atoms with Crippen molar-refractivity contribution in [3.63, 3.8) is 0 Å². The fourth-order valence-corrected chi connectivity index (χ4v) is 5.48. The van der Waals surface area contributed by atoms with Gasteiger partial charge >= 0.3 is 0 Å². The molecule has 2 amide bonds. The van der Waals surface area contributed by atoms with Crippen LogP contribution in [-0.2, 0) is 29.1 Å². The van der Waals surface area contributed by atoms with E-state index in [4.69, 9.17) is 9.47 Å². The van der Waals surface area contributed by atoms with Gasteiger partial charge in [-0.1, -0.05) is 16.8 Å². The lowest BCUT2D eigenvalue weighted by molar-refractivity contribution is -0.130. The molecular formula is C28H31N7O4. The minimum Gasteiger partial charge on any atom is -0.489 e. The predicted octanol–water partition coefficient (Wildman–Crippen LogP) is 2.24. The van der Waals surface area contributed by atoms with E-state index in [1.54, 1.807) is 27.9 Å². The van der Waals surface area contributed by atoms with Crippen LogP contribution in [-0.4, -0.2) is 73.5 Å². The summed E-state index contributed by atoms with van der Waals surface area (Å²) in [6.45, 7) is 7.79. The number of aromatic nitrogens is 5. The summed E-state index contributed by atoms with van der Waals surface area (Å²) < 4.78 is 13.7. The van der Waals surface area contributed by atoms with Crippen LogP contribution < -0.4 is 10.1 Å². The minimum absolute atomic E-state index is 0.0192. The van der Waals surface area contributed by atoms with E-state index in [0.717, 1.165) is 33.3 Å². The number of benzene rings is 1. The summed E-state index contributed by atoms with van der Waals surface area (Å²) in [5.41, 5.74) is 6.22. The predicted molar refractivity (Wildman–Crippen MR) is 142 cm³/mol. The Morgan fingerprint density at radius 1 is 1.21 bits per heavy atom. The monoisotopic (exact) mass is 529 g/mol. The van der Waals surface area contributed by atoms with E-state index in [9.17, 15) is 9.59 Å². The molecule has 0 spiro atoms. The van der Waals surface area contributed by atoms with E-state index in [1.807, 2.05) is 13.1 Å². The number of hydrogen-bond acceptors (Lipinski definition) is 7. The lowest BCUT2D eigenvalue weighted by atomic mass is 10.0. The molecule has 2 bridgehead atoms. The van der Waals surface area contributed by atoms with Gasteiger partial charge in [0.2, 0.25) is 5.91 Å². The van der Waals surface area contributed by atoms with Crippen molar-refractivity contribution in [3.8, 4) is 5.75 Å². The first-order valence-corrected chi connectivity index (χ1v) is 13.1. The number of amides is 2. The SMILES string of the molecule is Cc1cc(C)c2[nH]c(C)c(CC(=O)N3C[C@@H]4NC(=O)c5ncccc5OCCn5cc(nn5)CO[C@H]4C3)c2c1. The molecule has 3 aromatic heterocycles. The van der Waals surface area contributed by atoms with E-state index < -0.39 is 12.1 Å². The van der Waals surface area contributed by atoms with Gasteiger partial charge in [-0.25, -0.2) is 9.67 Å². The van der Waals surface area contributed by atoms with Gasteiger partial charge in [-0.3, -0.25) is 9.59 Å². The molecule has 4 aromatic rings. The highest BCUT2D eigenvalue weighted by Crippen LogP contribution is 2.28. The highest BCUT2D eigenvalue weighted by atomic mass is 16.5. The average molecular weight is 530 g/mol. The number of fused-ring (bicyclic) bond motifs is 5. The van der Waals surface area contributed by atoms with Gasteiger partial charge < -0.3 is 24.7 Å². The molecule has 39 heavy (non-hydrogen) atoms. The standard InChI is InChI=1S/C28H31N7O4/c1-16-9-17(2)26-21(10-16)20(18(3)30-26)11-25(36)34-13-22-24(14-34)39-15-19-12-35(33-32-19)7-8-38-23-5-4-6-29-27(23)28(37)31-22/h4-6,9-10,12,22,24,30H,7-8,11,13-15H2,1-3H3,(H,31,37)/t22-,24-/m0/s1. The number of pyridine rings is 1. The molecule has 2 aliphatic heterocycles. The Hall–Kier alpha value is -4.25. The first-order valence-electron chi connectivity index (χ1n) is 13.1. The number of hydrogen-bond donors (Lipinski definition) is 2. The fourth-order valence-electron chi connectivity index (χ4n) is 5.48. The number of H-pyrrole nitrogens is 1. The Morgan fingerprint density at radius 3 is 2.95 bits per heavy atom. The number of carbonyl (C=O) groups excluding carboxylic acids is 2. The van der Waals surface area contributed by atoms with Crippen molar-refractivity contribution < 1.29 is 19.1 Å². The highest BCUT2D eigenvalue weighted by molar-refractivity contribution is 5.95. The summed E-state index contributed by atoms with van der Waals surface area (Å²) in [7, 11) is 0. The van der Waals surface area contributed by atoms with Gasteiger partial charge in [-0.2, -0.15) is 0 Å². The molecule has 2 N–H and O–H groups in total. The topological polar surface area (TPSA) is 127 Å². The van der Waals surface area contributed by atoms with Crippen LogP contribution in [0.2, 0.25) is 0 Å². The zero-order chi connectivity index (χ0) is 27.1. The van der Waals surface area contributed by atoms with Crippen molar-refractivity contribution in [2.75, 3.05) is 19.7 Å². The molecule has 11 heteroatoms. The molecule has 2 atom stereocenters. The molecule has 0 radical (unpaired) electrons. The molecule has 0 saturated carbocycles. The summed E-state index contributed by atoms with van der Waals surface area (Å²) in [5.74, 6) is -0.00345. The van der Waals surface area contributed by atoms with Crippen LogP contribution >= 0.6 is 0 Å². The zero-order valence-corrected chi connectivity index (χ0v) is 22.2. The largest absolute Gasteiger partial charge is 0.489 e. The van der Waals surface area contributed by atoms with Crippen LogP contribution in [0.5, 0.6) is 5.75 Å². The van der Waals surface area contributed by atoms with Crippen LogP contribution in [0.4, 0.5) is 0 Å². The Bertz CT molecular complexity index is 1560. The summed E-state index contributed by atoms with van der Waals surface area (Å²) in [6.07, 6.45) is 3.20. The van der Waals surface area contributed by atoms with Gasteiger partial charge in [0.05, 0.1) is 37.9 Å². The van der Waals surface area contributed by atoms with E-state index in [0.29, 0.717) is 37.7 Å². The molecule has 5 heterocycles. The molecule has 0 unspecified atom stereocenters. The maximum atomic E-state index is 13.6. The number of nitrogens with zero attached hydrogens (tertiary/aromatic N) is 5. The Labute approximate surface area is 225 Å². The molecule has 1 aromatic carbocycles. The van der Waals surface area contributed by atoms with Crippen LogP contribution in [0.15, 0.2) is 36.7 Å². The van der Waals surface area contributed by atoms with E-state index >= 15 is 0 Å². The molecule has 1 fully saturated rings. The minimum atomic E-state index is -0.428. The van der Waals surface area contributed by atoms with Crippen molar-refractivity contribution in [2.24, 2.45) is 0 Å². The van der Waals surface area contributed by atoms with Crippen LogP contribution in [0.25, 0.3) is 10.9 Å². The fraction of sp³-hybridized carbons (Fsp3) is 0.393. The van der Waals surface area contributed by atoms with Crippen LogP contribution in [0.3, 0.4) is 0 Å². The summed E-state index contributed by atoms with van der Waals surface area (Å²) in [5, 5.41) is 12.4. The quantitative estimate of drug-likeness (QED) is 0.408. The summed E-state index contributed by atoms with van der Waals surface area (Å²) in [6, 6.07) is 7.27. The van der Waals surface area contributed by atoms with Crippen molar-refractivity contribution in [1.29, 1.82) is 0 Å². The van der Waals surface area contributed by atoms with Crippen LogP contribution in [0.1, 0.15) is 38.6 Å². The average Bonchev–Trinajstić information content (AvgIpc) is 3.61. The second kappa shape index (κ2) is 10.1. The number of aryl methyl sites for hydroxylation is 3. The van der Waals surface area contributed by atoms with Gasteiger partial charge in [-0.05, 0) is 50.1 Å². The van der Waals surface area contributed by atoms with Gasteiger partial charge in [-0.15, -0.1) is 5.10 Å². The molecule has 2 aliphatic rings. The van der Waals surface area contributed by atoms with E-state index in [-0.39, 0.29) is 30.5 Å². The van der Waals surface area contributed by atoms with Crippen molar-refractivity contribution in [1.82, 2.24) is 35.2 Å². The molecule has 11 nitrogen and oxygen atoms in total. The lowest BCUT2D eigenvalue weighted by Gasteiger charge is -2.20. The first kappa shape index (κ1) is 25.1. The number of rotatable bonds is 2. The molecule has 0 aliphatic carbocycles. The number of likely N-dealkylation sites (tertiary alicyclic amines) is 1. The zero-order valence-electron chi connectivity index (χ0n) is 22.2. The van der Waals surface area contributed by atoms with Gasteiger partial charge in [0, 0.05) is 35.9 Å². The second-order valence-electron chi connectivity index (χ2n) is 10.3. The van der Waals surface area contributed by atoms with E-state index in [2.05, 4.69) is 51.6 Å². The maximum Gasteiger partial charge on any atom is 0.274 e. The van der Waals surface area contributed by atoms with Gasteiger partial charge in [0.25, 0.3) is 5.91 Å². The van der Waals surface area contributed by atoms with Crippen molar-refractivity contribution in [2.45, 2.75) is 52.5 Å². The smallest absolute Gasteiger partial charge is 0.274 e. The first-order chi connectivity index (χ1) is 18.9. The second-order valence-corrected chi connectivity index (χ2v) is 10.3. The highest BCUT2D eigenvalue weighted by Gasteiger charge is 2.38. The third kappa shape index (κ3) is 4.97. The number of ether oxygens (including phenoxy) is 2. The Morgan fingerprint density at radius 2 is 2.08 bits per heavy atom. The van der Waals surface area contributed by atoms with Crippen LogP contribution in [0, 0.1) is 20.8 Å². The van der Waals surface area contributed by atoms with Gasteiger partial charge in [0.1, 0.15) is 12.3 Å². The normalized spacial score (nSPS) is 19.7. The van der Waals surface area contributed by atoms with Crippen molar-refractivity contribution in [3.05, 3.63) is 70.4 Å². The maximum absolute atomic E-state index is 13.6. The molecule has 202 valence electrons. The number of aromatic amines is 1. The Kier molecular flexibility index (Phi) is 6.51. The van der Waals surface area contributed by atoms with Gasteiger partial charge in [0.15, 0.2) is 11.4 Å². The summed E-state index contributed by atoms with van der Waals surface area (Å²) in [4.78, 5) is 36.3. The Balaban J connectivity index is 1.25. The van der Waals surface area contributed by atoms with E-state index in [1.165, 1.54) is 0 Å². The molecular weight excluding hydrogens is 498 g/mol. The summed E-state index contributed by atoms with van der Waals surface area (Å²) >= 11 is 0. The molecule has 6 rings (SSSR count). The number of nitrogens with one attached hydrogen (secondary N) is 2. The third-order valence-electron chi connectivity index (χ3n) is 7.43. The lowest BCUT2D eigenvalue weighted by Crippen LogP contribution is -2.44. The molecule has 1 saturated heterocycles. The number of carbonyl (C=O) groups is 2. The van der Waals surface area contributed by atoms with Crippen molar-refractivity contribution >= 4 is 22.7 Å². The third-order valence-corrected chi connectivity index (χ3v) is 7.43.